The van der Waals surface area contributed by atoms with Crippen molar-refractivity contribution in [3.63, 3.8) is 0 Å². The van der Waals surface area contributed by atoms with E-state index in [4.69, 9.17) is 23.7 Å². The third-order valence-electron chi connectivity index (χ3n) is 12.2. The van der Waals surface area contributed by atoms with Crippen molar-refractivity contribution >= 4 is 29.7 Å². The van der Waals surface area contributed by atoms with Crippen LogP contribution in [0.3, 0.4) is 0 Å². The van der Waals surface area contributed by atoms with Crippen LogP contribution in [0.2, 0.25) is 0 Å². The molecule has 2 aromatic rings. The largest absolute Gasteiger partial charge is 0.458 e. The Labute approximate surface area is 308 Å². The van der Waals surface area contributed by atoms with Crippen LogP contribution in [0.4, 0.5) is 0 Å². The monoisotopic (exact) mass is 732 g/mol. The molecular formula is C41H48O12. The molecule has 2 bridgehead atoms. The van der Waals surface area contributed by atoms with Crippen LogP contribution in [0.5, 0.6) is 0 Å². The second-order valence-electron chi connectivity index (χ2n) is 15.8. The third-order valence-corrected chi connectivity index (χ3v) is 12.2. The molecule has 0 spiro atoms. The van der Waals surface area contributed by atoms with Gasteiger partial charge >= 0.3 is 23.9 Å². The molecule has 2 aromatic carbocycles. The first-order valence-corrected chi connectivity index (χ1v) is 18.0. The molecule has 0 aromatic heterocycles. The van der Waals surface area contributed by atoms with E-state index in [0.29, 0.717) is 12.0 Å². The highest BCUT2D eigenvalue weighted by Gasteiger charge is 2.78. The maximum absolute atomic E-state index is 15.3. The molecule has 284 valence electrons. The number of aliphatic hydroxyl groups is 2. The molecule has 12 heteroatoms. The minimum absolute atomic E-state index is 0.140. The van der Waals surface area contributed by atoms with Crippen LogP contribution in [0.1, 0.15) is 77.2 Å². The minimum atomic E-state index is -2.20. The first-order chi connectivity index (χ1) is 24.9. The van der Waals surface area contributed by atoms with Gasteiger partial charge in [0.2, 0.25) is 0 Å². The summed E-state index contributed by atoms with van der Waals surface area (Å²) in [6.45, 7) is 10.2. The lowest BCUT2D eigenvalue weighted by molar-refractivity contribution is -0.346. The fourth-order valence-electron chi connectivity index (χ4n) is 9.32. The van der Waals surface area contributed by atoms with Gasteiger partial charge in [-0.05, 0) is 49.1 Å². The van der Waals surface area contributed by atoms with Crippen molar-refractivity contribution in [2.24, 2.45) is 22.7 Å². The van der Waals surface area contributed by atoms with Gasteiger partial charge in [0, 0.05) is 32.1 Å². The van der Waals surface area contributed by atoms with Crippen molar-refractivity contribution in [2.75, 3.05) is 6.61 Å². The average Bonchev–Trinajstić information content (AvgIpc) is 3.10. The number of hydrogen-bond donors (Lipinski definition) is 2. The van der Waals surface area contributed by atoms with Crippen molar-refractivity contribution in [1.82, 2.24) is 0 Å². The lowest BCUT2D eigenvalue weighted by Crippen LogP contribution is -2.82. The van der Waals surface area contributed by atoms with E-state index in [-0.39, 0.29) is 30.6 Å². The van der Waals surface area contributed by atoms with Gasteiger partial charge in [0.1, 0.15) is 23.9 Å². The molecule has 2 saturated carbocycles. The quantitative estimate of drug-likeness (QED) is 0.227. The number of hydrogen-bond acceptors (Lipinski definition) is 12. The van der Waals surface area contributed by atoms with Gasteiger partial charge in [-0.3, -0.25) is 19.2 Å². The standard InChI is InChI=1S/C41H48O12/c1-22(18-26-14-10-8-11-15-26)36(46)51-28-20-41(48)35(52-37(47)27-16-12-9-13-17-27)33-39(7,29(44)19-30-40(33,21-49-30)53-25(4)43)34(45)32(50-24(3)42)31(23(28)2)38(41,5)6/h8-17,22,28-30,32-33,35,44,48H,18-21H2,1-7H3/t22-,28+,29+,30-,32-,33+,35+,39-,40+,41-/m1/s1. The normalized spacial score (nSPS) is 34.8. The number of rotatable bonds is 8. The molecule has 53 heavy (non-hydrogen) atoms. The number of ether oxygens (including phenoxy) is 5. The van der Waals surface area contributed by atoms with E-state index in [0.717, 1.165) is 12.5 Å². The average molecular weight is 733 g/mol. The lowest BCUT2D eigenvalue weighted by Gasteiger charge is -2.67. The fraction of sp³-hybridized carbons (Fsp3) is 0.537. The summed E-state index contributed by atoms with van der Waals surface area (Å²) in [7, 11) is 0. The Hall–Kier alpha value is -4.39. The van der Waals surface area contributed by atoms with Gasteiger partial charge in [-0.1, -0.05) is 69.3 Å². The van der Waals surface area contributed by atoms with E-state index in [9.17, 15) is 29.4 Å². The molecule has 3 aliphatic carbocycles. The Balaban J connectivity index is 1.57. The maximum atomic E-state index is 15.3. The van der Waals surface area contributed by atoms with Crippen molar-refractivity contribution in [3.05, 3.63) is 82.9 Å². The predicted molar refractivity (Wildman–Crippen MR) is 188 cm³/mol. The number of Topliss-reactive ketones (excluding diaryl/α,β-unsaturated/α-hetero) is 1. The van der Waals surface area contributed by atoms with E-state index in [1.165, 1.54) is 26.0 Å². The number of carbonyl (C=O) groups excluding carboxylic acids is 5. The van der Waals surface area contributed by atoms with Gasteiger partial charge in [0.15, 0.2) is 17.5 Å². The molecule has 1 aliphatic heterocycles. The van der Waals surface area contributed by atoms with E-state index in [1.807, 2.05) is 30.3 Å². The number of fused-ring (bicyclic) bond motifs is 5. The van der Waals surface area contributed by atoms with Gasteiger partial charge in [-0.2, -0.15) is 0 Å². The predicted octanol–water partition coefficient (Wildman–Crippen LogP) is 4.08. The Kier molecular flexibility index (Phi) is 9.97. The Morgan fingerprint density at radius 3 is 2.11 bits per heavy atom. The molecule has 3 fully saturated rings. The number of ketones is 1. The summed E-state index contributed by atoms with van der Waals surface area (Å²) < 4.78 is 30.3. The number of carbonyl (C=O) groups is 5. The highest BCUT2D eigenvalue weighted by atomic mass is 16.6. The summed E-state index contributed by atoms with van der Waals surface area (Å²) in [6, 6.07) is 17.5. The first kappa shape index (κ1) is 38.3. The van der Waals surface area contributed by atoms with E-state index >= 15 is 4.79 Å². The molecule has 10 atom stereocenters. The summed E-state index contributed by atoms with van der Waals surface area (Å²) in [5, 5.41) is 25.5. The summed E-state index contributed by atoms with van der Waals surface area (Å²) in [5.74, 6) is -5.75. The molecule has 6 rings (SSSR count). The second kappa shape index (κ2) is 13.8. The van der Waals surface area contributed by atoms with Crippen LogP contribution >= 0.6 is 0 Å². The number of aliphatic hydroxyl groups excluding tert-OH is 1. The van der Waals surface area contributed by atoms with Gasteiger partial charge in [-0.15, -0.1) is 0 Å². The number of benzene rings is 2. The molecular weight excluding hydrogens is 684 g/mol. The van der Waals surface area contributed by atoms with E-state index < -0.39 is 94.0 Å². The Bertz CT molecular complexity index is 1820. The van der Waals surface area contributed by atoms with E-state index in [1.54, 1.807) is 45.9 Å². The summed E-state index contributed by atoms with van der Waals surface area (Å²) in [4.78, 5) is 68.9. The van der Waals surface area contributed by atoms with Gasteiger partial charge < -0.3 is 33.9 Å². The molecule has 0 amide bonds. The van der Waals surface area contributed by atoms with Crippen LogP contribution < -0.4 is 0 Å². The van der Waals surface area contributed by atoms with Gasteiger partial charge in [0.25, 0.3) is 0 Å². The Morgan fingerprint density at radius 2 is 1.55 bits per heavy atom. The molecule has 1 heterocycles. The minimum Gasteiger partial charge on any atom is -0.458 e. The van der Waals surface area contributed by atoms with Crippen molar-refractivity contribution in [2.45, 2.75) is 109 Å². The SMILES string of the molecule is CC(=O)O[C@H]1C(=O)[C@@]2(C)[C@H]([C@H](OC(=O)c3ccccc3)[C@]3(O)C[C@H](OC(=O)[C@H](C)Cc4ccccc4)C(C)=C1C3(C)C)[C@]1(OC(C)=O)CO[C@@H]1C[C@@H]2O. The topological polar surface area (TPSA) is 172 Å². The van der Waals surface area contributed by atoms with E-state index in [2.05, 4.69) is 0 Å². The zero-order valence-electron chi connectivity index (χ0n) is 31.1. The highest BCUT2D eigenvalue weighted by molar-refractivity contribution is 5.95. The zero-order chi connectivity index (χ0) is 38.7. The maximum Gasteiger partial charge on any atom is 0.338 e. The summed E-state index contributed by atoms with van der Waals surface area (Å²) in [6.07, 6.45) is -7.03. The van der Waals surface area contributed by atoms with Crippen LogP contribution in [-0.2, 0) is 49.3 Å². The lowest BCUT2D eigenvalue weighted by atomic mass is 9.44. The smallest absolute Gasteiger partial charge is 0.338 e. The zero-order valence-corrected chi connectivity index (χ0v) is 31.1. The number of esters is 4. The molecule has 2 N–H and O–H groups in total. The molecule has 0 radical (unpaired) electrons. The van der Waals surface area contributed by atoms with Crippen LogP contribution in [0.15, 0.2) is 71.8 Å². The molecule has 12 nitrogen and oxygen atoms in total. The Morgan fingerprint density at radius 1 is 0.925 bits per heavy atom. The van der Waals surface area contributed by atoms with Crippen molar-refractivity contribution in [3.8, 4) is 0 Å². The van der Waals surface area contributed by atoms with Crippen LogP contribution in [0, 0.1) is 22.7 Å². The molecule has 1 saturated heterocycles. The fourth-order valence-corrected chi connectivity index (χ4v) is 9.32. The van der Waals surface area contributed by atoms with Crippen molar-refractivity contribution in [1.29, 1.82) is 0 Å². The second-order valence-corrected chi connectivity index (χ2v) is 15.8. The third kappa shape index (κ3) is 6.18. The highest BCUT2D eigenvalue weighted by Crippen LogP contribution is 2.64. The van der Waals surface area contributed by atoms with Gasteiger partial charge in [-0.25, -0.2) is 4.79 Å². The van der Waals surface area contributed by atoms with Crippen LogP contribution in [0.25, 0.3) is 0 Å². The van der Waals surface area contributed by atoms with Gasteiger partial charge in [0.05, 0.1) is 35.5 Å². The summed E-state index contributed by atoms with van der Waals surface area (Å²) in [5.41, 5.74) is -5.74. The summed E-state index contributed by atoms with van der Waals surface area (Å²) >= 11 is 0. The molecule has 0 unspecified atom stereocenters. The molecule has 4 aliphatic rings. The van der Waals surface area contributed by atoms with Crippen molar-refractivity contribution < 1.29 is 57.9 Å². The first-order valence-electron chi connectivity index (χ1n) is 18.0. The van der Waals surface area contributed by atoms with Crippen LogP contribution in [-0.4, -0.2) is 88.2 Å².